The highest BCUT2D eigenvalue weighted by molar-refractivity contribution is 5.69. The molecule has 0 spiro atoms. The highest BCUT2D eigenvalue weighted by atomic mass is 16.6. The van der Waals surface area contributed by atoms with Gasteiger partial charge in [-0.15, -0.1) is 0 Å². The first kappa shape index (κ1) is 29.9. The topological polar surface area (TPSA) is 35.5 Å². The fourth-order valence-electron chi connectivity index (χ4n) is 4.47. The molecular weight excluding hydrogens is 446 g/mol. The van der Waals surface area contributed by atoms with Crippen molar-refractivity contribution < 1.29 is 18.8 Å². The quantitative estimate of drug-likeness (QED) is 0.113. The van der Waals surface area contributed by atoms with Crippen molar-refractivity contribution in [2.45, 2.75) is 97.1 Å². The van der Waals surface area contributed by atoms with E-state index in [4.69, 9.17) is 9.47 Å². The van der Waals surface area contributed by atoms with E-state index >= 15 is 0 Å². The van der Waals surface area contributed by atoms with Crippen LogP contribution < -0.4 is 4.74 Å². The van der Waals surface area contributed by atoms with Gasteiger partial charge in [0.15, 0.2) is 0 Å². The smallest absolute Gasteiger partial charge is 0.311 e. The molecule has 1 atom stereocenters. The Balaban J connectivity index is 1.68. The average Bonchev–Trinajstić information content (AvgIpc) is 2.87. The Kier molecular flexibility index (Phi) is 14.3. The summed E-state index contributed by atoms with van der Waals surface area (Å²) in [5.41, 5.74) is 2.60. The minimum absolute atomic E-state index is 0.126. The van der Waals surface area contributed by atoms with Gasteiger partial charge in [0.2, 0.25) is 0 Å². The van der Waals surface area contributed by atoms with Gasteiger partial charge in [0.25, 0.3) is 0 Å². The summed E-state index contributed by atoms with van der Waals surface area (Å²) in [4.78, 5) is 12.4. The summed E-state index contributed by atoms with van der Waals surface area (Å²) in [7, 11) is 4.30. The molecule has 0 radical (unpaired) electrons. The van der Waals surface area contributed by atoms with Crippen molar-refractivity contribution in [3.8, 4) is 5.75 Å². The minimum Gasteiger partial charge on any atom is -0.487 e. The van der Waals surface area contributed by atoms with Crippen LogP contribution in [0, 0.1) is 0 Å². The van der Waals surface area contributed by atoms with E-state index in [1.165, 1.54) is 62.5 Å². The van der Waals surface area contributed by atoms with E-state index in [0.29, 0.717) is 13.0 Å². The summed E-state index contributed by atoms with van der Waals surface area (Å²) >= 11 is 0. The highest BCUT2D eigenvalue weighted by Crippen LogP contribution is 2.19. The molecule has 4 nitrogen and oxygen atoms in total. The van der Waals surface area contributed by atoms with Crippen LogP contribution in [0.15, 0.2) is 54.6 Å². The van der Waals surface area contributed by atoms with Gasteiger partial charge in [-0.05, 0) is 37.0 Å². The number of rotatable bonds is 19. The lowest BCUT2D eigenvalue weighted by Gasteiger charge is -2.29. The van der Waals surface area contributed by atoms with Crippen LogP contribution in [0.25, 0.3) is 0 Å². The Morgan fingerprint density at radius 2 is 1.50 bits per heavy atom. The molecule has 0 saturated carbocycles. The number of esters is 1. The van der Waals surface area contributed by atoms with Crippen LogP contribution in [0.1, 0.15) is 89.2 Å². The number of hydrogen-bond donors (Lipinski definition) is 0. The maximum absolute atomic E-state index is 12.4. The predicted molar refractivity (Wildman–Crippen MR) is 150 cm³/mol. The molecule has 0 saturated heterocycles. The van der Waals surface area contributed by atoms with E-state index in [0.717, 1.165) is 36.2 Å². The zero-order chi connectivity index (χ0) is 26.1. The Bertz CT molecular complexity index is 849. The molecule has 1 unspecified atom stereocenters. The number of nitrogens with zero attached hydrogens (tertiary/aromatic N) is 1. The zero-order valence-corrected chi connectivity index (χ0v) is 23.3. The Hall–Kier alpha value is -2.33. The van der Waals surface area contributed by atoms with Crippen molar-refractivity contribution in [3.05, 3.63) is 65.7 Å². The van der Waals surface area contributed by atoms with Crippen LogP contribution in [-0.4, -0.2) is 43.8 Å². The van der Waals surface area contributed by atoms with Crippen LogP contribution in [-0.2, 0) is 22.5 Å². The minimum atomic E-state index is -0.153. The van der Waals surface area contributed by atoms with Crippen molar-refractivity contribution in [3.63, 3.8) is 0 Å². The number of quaternary nitrogens is 1. The number of benzene rings is 2. The zero-order valence-electron chi connectivity index (χ0n) is 23.3. The molecule has 0 bridgehead atoms. The number of carbonyl (C=O) groups is 1. The molecule has 0 fully saturated rings. The normalized spacial score (nSPS) is 12.3. The SMILES string of the molecule is CCCCCCCCCCc1cccc(OC(CC)COC(=O)CC[N+](C)(C)Cc2ccccc2)c1. The molecule has 0 amide bonds. The fraction of sp³-hybridized carbons (Fsp3) is 0.594. The molecule has 0 aromatic heterocycles. The molecule has 200 valence electrons. The summed E-state index contributed by atoms with van der Waals surface area (Å²) in [6.07, 6.45) is 12.8. The third-order valence-electron chi connectivity index (χ3n) is 6.78. The molecule has 2 rings (SSSR count). The first-order valence-corrected chi connectivity index (χ1v) is 14.2. The van der Waals surface area contributed by atoms with Gasteiger partial charge in [0, 0.05) is 5.56 Å². The van der Waals surface area contributed by atoms with E-state index in [1.54, 1.807) is 0 Å². The molecule has 2 aromatic rings. The molecule has 0 aliphatic rings. The lowest BCUT2D eigenvalue weighted by atomic mass is 10.0. The Labute approximate surface area is 220 Å². The van der Waals surface area contributed by atoms with Crippen LogP contribution in [0.2, 0.25) is 0 Å². The number of unbranched alkanes of at least 4 members (excludes halogenated alkanes) is 7. The third kappa shape index (κ3) is 13.1. The molecule has 4 heteroatoms. The monoisotopic (exact) mass is 496 g/mol. The molecule has 0 aliphatic carbocycles. The number of aryl methyl sites for hydroxylation is 1. The van der Waals surface area contributed by atoms with E-state index in [2.05, 4.69) is 70.4 Å². The third-order valence-corrected chi connectivity index (χ3v) is 6.78. The van der Waals surface area contributed by atoms with Gasteiger partial charge in [-0.25, -0.2) is 0 Å². The van der Waals surface area contributed by atoms with Crippen LogP contribution >= 0.6 is 0 Å². The second-order valence-electron chi connectivity index (χ2n) is 10.8. The van der Waals surface area contributed by atoms with Crippen molar-refractivity contribution >= 4 is 5.97 Å². The number of hydrogen-bond acceptors (Lipinski definition) is 3. The number of ether oxygens (including phenoxy) is 2. The van der Waals surface area contributed by atoms with Crippen molar-refractivity contribution in [2.24, 2.45) is 0 Å². The lowest BCUT2D eigenvalue weighted by molar-refractivity contribution is -0.903. The van der Waals surface area contributed by atoms with E-state index in [-0.39, 0.29) is 12.1 Å². The van der Waals surface area contributed by atoms with Crippen molar-refractivity contribution in [2.75, 3.05) is 27.2 Å². The van der Waals surface area contributed by atoms with Crippen molar-refractivity contribution in [1.82, 2.24) is 0 Å². The average molecular weight is 497 g/mol. The standard InChI is InChI=1S/C32H50NO3/c1-5-7-8-9-10-11-12-14-18-28-21-17-22-31(25-28)36-30(6-2)27-35-32(34)23-24-33(3,4)26-29-19-15-13-16-20-29/h13,15-17,19-22,25,30H,5-12,14,18,23-24,26-27H2,1-4H3/q+1. The van der Waals surface area contributed by atoms with E-state index in [9.17, 15) is 4.79 Å². The van der Waals surface area contributed by atoms with Crippen LogP contribution in [0.5, 0.6) is 5.75 Å². The molecule has 0 N–H and O–H groups in total. The van der Waals surface area contributed by atoms with Gasteiger partial charge in [-0.1, -0.05) is 101 Å². The maximum atomic E-state index is 12.4. The van der Waals surface area contributed by atoms with E-state index in [1.807, 2.05) is 12.1 Å². The van der Waals surface area contributed by atoms with E-state index < -0.39 is 0 Å². The van der Waals surface area contributed by atoms with Gasteiger partial charge in [0.1, 0.15) is 25.0 Å². The maximum Gasteiger partial charge on any atom is 0.311 e. The predicted octanol–water partition coefficient (Wildman–Crippen LogP) is 7.74. The largest absolute Gasteiger partial charge is 0.487 e. The second-order valence-corrected chi connectivity index (χ2v) is 10.8. The summed E-state index contributed by atoms with van der Waals surface area (Å²) < 4.78 is 12.5. The summed E-state index contributed by atoms with van der Waals surface area (Å²) in [5, 5.41) is 0. The molecular formula is C32H50NO3+. The molecule has 36 heavy (non-hydrogen) atoms. The van der Waals surface area contributed by atoms with Crippen LogP contribution in [0.3, 0.4) is 0 Å². The first-order chi connectivity index (χ1) is 17.4. The summed E-state index contributed by atoms with van der Waals surface area (Å²) in [5.74, 6) is 0.718. The molecule has 0 aliphatic heterocycles. The second kappa shape index (κ2) is 17.2. The Morgan fingerprint density at radius 1 is 0.833 bits per heavy atom. The van der Waals surface area contributed by atoms with Gasteiger partial charge < -0.3 is 14.0 Å². The molecule has 2 aromatic carbocycles. The number of carbonyl (C=O) groups excluding carboxylic acids is 1. The summed E-state index contributed by atoms with van der Waals surface area (Å²) in [6.45, 7) is 6.27. The first-order valence-electron chi connectivity index (χ1n) is 14.2. The van der Waals surface area contributed by atoms with Gasteiger partial charge in [-0.3, -0.25) is 4.79 Å². The lowest BCUT2D eigenvalue weighted by Crippen LogP contribution is -2.40. The molecule has 0 heterocycles. The van der Waals surface area contributed by atoms with Gasteiger partial charge >= 0.3 is 5.97 Å². The summed E-state index contributed by atoms with van der Waals surface area (Å²) in [6, 6.07) is 18.8. The van der Waals surface area contributed by atoms with Gasteiger partial charge in [-0.2, -0.15) is 0 Å². The van der Waals surface area contributed by atoms with Crippen LogP contribution in [0.4, 0.5) is 0 Å². The Morgan fingerprint density at radius 3 is 2.19 bits per heavy atom. The van der Waals surface area contributed by atoms with Crippen molar-refractivity contribution in [1.29, 1.82) is 0 Å². The highest BCUT2D eigenvalue weighted by Gasteiger charge is 2.19. The van der Waals surface area contributed by atoms with Gasteiger partial charge in [0.05, 0.1) is 27.1 Å². The fourth-order valence-corrected chi connectivity index (χ4v) is 4.47.